The molecule has 1 aliphatic rings. The second-order valence-corrected chi connectivity index (χ2v) is 6.88. The molecule has 2 heterocycles. The molecular weight excluding hydrogens is 296 g/mol. The number of aromatic carboxylic acids is 1. The van der Waals surface area contributed by atoms with Crippen molar-refractivity contribution in [2.75, 3.05) is 18.0 Å². The third kappa shape index (κ3) is 2.86. The fourth-order valence-corrected chi connectivity index (χ4v) is 3.98. The van der Waals surface area contributed by atoms with E-state index in [1.807, 2.05) is 0 Å². The number of thiazole rings is 1. The molecule has 0 saturated heterocycles. The monoisotopic (exact) mass is 316 g/mol. The molecule has 0 fully saturated rings. The summed E-state index contributed by atoms with van der Waals surface area (Å²) in [6.07, 6.45) is 2.31. The summed E-state index contributed by atoms with van der Waals surface area (Å²) in [6.45, 7) is 5.83. The Morgan fingerprint density at radius 3 is 2.95 bits per heavy atom. The van der Waals surface area contributed by atoms with E-state index in [4.69, 9.17) is 0 Å². The molecule has 2 aromatic rings. The minimum Gasteiger partial charge on any atom is -0.477 e. The van der Waals surface area contributed by atoms with Gasteiger partial charge in [-0.1, -0.05) is 25.1 Å². The van der Waals surface area contributed by atoms with E-state index in [2.05, 4.69) is 41.1 Å². The molecule has 0 saturated carbocycles. The van der Waals surface area contributed by atoms with Crippen LogP contribution in [-0.2, 0) is 6.42 Å². The molecule has 4 nitrogen and oxygen atoms in total. The lowest BCUT2D eigenvalue weighted by Gasteiger charge is -2.32. The van der Waals surface area contributed by atoms with Gasteiger partial charge in [0.15, 0.2) is 0 Å². The Balaban J connectivity index is 1.79. The van der Waals surface area contributed by atoms with E-state index in [1.165, 1.54) is 29.0 Å². The summed E-state index contributed by atoms with van der Waals surface area (Å²) in [6, 6.07) is 8.55. The van der Waals surface area contributed by atoms with Crippen molar-refractivity contribution in [1.82, 2.24) is 4.98 Å². The van der Waals surface area contributed by atoms with E-state index in [0.29, 0.717) is 10.6 Å². The quantitative estimate of drug-likeness (QED) is 0.934. The van der Waals surface area contributed by atoms with Crippen LogP contribution in [0, 0.1) is 6.92 Å². The summed E-state index contributed by atoms with van der Waals surface area (Å²) in [5.74, 6) is -0.653. The van der Waals surface area contributed by atoms with Gasteiger partial charge < -0.3 is 10.0 Å². The van der Waals surface area contributed by atoms with Gasteiger partial charge in [-0.3, -0.25) is 0 Å². The Hall–Kier alpha value is -1.88. The lowest BCUT2D eigenvalue weighted by atomic mass is 10.0. The number of aryl methyl sites for hydroxylation is 2. The molecule has 3 rings (SSSR count). The van der Waals surface area contributed by atoms with Crippen LogP contribution in [0.4, 0.5) is 5.69 Å². The van der Waals surface area contributed by atoms with Gasteiger partial charge in [-0.2, -0.15) is 0 Å². The van der Waals surface area contributed by atoms with Crippen LogP contribution in [0.3, 0.4) is 0 Å². The summed E-state index contributed by atoms with van der Waals surface area (Å²) in [7, 11) is 0. The molecule has 22 heavy (non-hydrogen) atoms. The van der Waals surface area contributed by atoms with E-state index in [1.54, 1.807) is 6.92 Å². The van der Waals surface area contributed by atoms with Crippen molar-refractivity contribution >= 4 is 23.0 Å². The molecule has 1 aliphatic heterocycles. The fraction of sp³-hybridized carbons (Fsp3) is 0.412. The molecule has 0 bridgehead atoms. The minimum absolute atomic E-state index is 0.225. The van der Waals surface area contributed by atoms with Crippen molar-refractivity contribution in [2.24, 2.45) is 0 Å². The summed E-state index contributed by atoms with van der Waals surface area (Å²) < 4.78 is 0. The molecule has 1 unspecified atom stereocenters. The van der Waals surface area contributed by atoms with Crippen LogP contribution in [0.15, 0.2) is 24.3 Å². The lowest BCUT2D eigenvalue weighted by Crippen LogP contribution is -2.32. The number of benzene rings is 1. The van der Waals surface area contributed by atoms with Gasteiger partial charge in [0.2, 0.25) is 0 Å². The van der Waals surface area contributed by atoms with E-state index >= 15 is 0 Å². The predicted molar refractivity (Wildman–Crippen MR) is 89.2 cm³/mol. The number of anilines is 1. The van der Waals surface area contributed by atoms with Gasteiger partial charge >= 0.3 is 5.97 Å². The Bertz CT molecular complexity index is 696. The summed E-state index contributed by atoms with van der Waals surface area (Å²) >= 11 is 1.31. The smallest absolute Gasteiger partial charge is 0.347 e. The zero-order valence-corrected chi connectivity index (χ0v) is 13.7. The van der Waals surface area contributed by atoms with Crippen LogP contribution in [-0.4, -0.2) is 29.1 Å². The highest BCUT2D eigenvalue weighted by molar-refractivity contribution is 7.13. The minimum atomic E-state index is -0.878. The Labute approximate surface area is 134 Å². The van der Waals surface area contributed by atoms with Crippen LogP contribution < -0.4 is 4.90 Å². The van der Waals surface area contributed by atoms with Gasteiger partial charge in [-0.05, 0) is 31.4 Å². The van der Waals surface area contributed by atoms with Gasteiger partial charge in [0.1, 0.15) is 4.88 Å². The third-order valence-electron chi connectivity index (χ3n) is 4.13. The lowest BCUT2D eigenvalue weighted by molar-refractivity contribution is 0.0701. The molecular formula is C17H20N2O2S. The molecule has 0 radical (unpaired) electrons. The standard InChI is InChI=1S/C17H20N2O2S/c1-11(16-18-12(2)15(22-16)17(20)21)10-19-9-5-7-13-6-3-4-8-14(13)19/h3-4,6,8,11H,5,7,9-10H2,1-2H3,(H,20,21). The maximum absolute atomic E-state index is 11.2. The number of hydrogen-bond donors (Lipinski definition) is 1. The summed E-state index contributed by atoms with van der Waals surface area (Å²) in [5, 5.41) is 10.1. The van der Waals surface area contributed by atoms with Crippen molar-refractivity contribution < 1.29 is 9.90 Å². The van der Waals surface area contributed by atoms with Gasteiger partial charge in [0.05, 0.1) is 10.7 Å². The van der Waals surface area contributed by atoms with Crippen molar-refractivity contribution in [3.63, 3.8) is 0 Å². The molecule has 1 aromatic heterocycles. The van der Waals surface area contributed by atoms with E-state index in [-0.39, 0.29) is 5.92 Å². The number of fused-ring (bicyclic) bond motifs is 1. The molecule has 1 aromatic carbocycles. The molecule has 0 spiro atoms. The van der Waals surface area contributed by atoms with E-state index in [0.717, 1.165) is 24.5 Å². The first kappa shape index (κ1) is 15.0. The number of carbonyl (C=O) groups is 1. The van der Waals surface area contributed by atoms with Crippen LogP contribution in [0.1, 0.15) is 45.2 Å². The van der Waals surface area contributed by atoms with Crippen LogP contribution in [0.25, 0.3) is 0 Å². The third-order valence-corrected chi connectivity index (χ3v) is 5.51. The maximum atomic E-state index is 11.2. The first-order valence-corrected chi connectivity index (χ1v) is 8.41. The Morgan fingerprint density at radius 1 is 1.45 bits per heavy atom. The zero-order chi connectivity index (χ0) is 15.7. The topological polar surface area (TPSA) is 53.4 Å². The van der Waals surface area contributed by atoms with Gasteiger partial charge in [-0.25, -0.2) is 9.78 Å². The molecule has 0 amide bonds. The molecule has 1 N–H and O–H groups in total. The zero-order valence-electron chi connectivity index (χ0n) is 12.9. The first-order chi connectivity index (χ1) is 10.6. The van der Waals surface area contributed by atoms with Gasteiger partial charge in [0, 0.05) is 24.7 Å². The largest absolute Gasteiger partial charge is 0.477 e. The van der Waals surface area contributed by atoms with Crippen LogP contribution >= 0.6 is 11.3 Å². The number of rotatable bonds is 4. The van der Waals surface area contributed by atoms with Crippen molar-refractivity contribution in [2.45, 2.75) is 32.6 Å². The van der Waals surface area contributed by atoms with Gasteiger partial charge in [0.25, 0.3) is 0 Å². The SMILES string of the molecule is Cc1nc(C(C)CN2CCCc3ccccc32)sc1C(=O)O. The van der Waals surface area contributed by atoms with Crippen LogP contribution in [0.5, 0.6) is 0 Å². The van der Waals surface area contributed by atoms with Crippen molar-refractivity contribution in [3.8, 4) is 0 Å². The number of carboxylic acid groups (broad SMARTS) is 1. The Kier molecular flexibility index (Phi) is 4.16. The average molecular weight is 316 g/mol. The number of para-hydroxylation sites is 1. The fourth-order valence-electron chi connectivity index (χ4n) is 3.04. The molecule has 116 valence electrons. The second-order valence-electron chi connectivity index (χ2n) is 5.85. The second kappa shape index (κ2) is 6.08. The molecule has 0 aliphatic carbocycles. The van der Waals surface area contributed by atoms with Crippen LogP contribution in [0.2, 0.25) is 0 Å². The number of hydrogen-bond acceptors (Lipinski definition) is 4. The summed E-state index contributed by atoms with van der Waals surface area (Å²) in [5.41, 5.74) is 3.34. The predicted octanol–water partition coefficient (Wildman–Crippen LogP) is 3.71. The van der Waals surface area contributed by atoms with Gasteiger partial charge in [-0.15, -0.1) is 11.3 Å². The highest BCUT2D eigenvalue weighted by atomic mass is 32.1. The van der Waals surface area contributed by atoms with E-state index in [9.17, 15) is 9.90 Å². The molecule has 1 atom stereocenters. The average Bonchev–Trinajstić information content (AvgIpc) is 2.90. The van der Waals surface area contributed by atoms with Crippen molar-refractivity contribution in [3.05, 3.63) is 45.4 Å². The summed E-state index contributed by atoms with van der Waals surface area (Å²) in [4.78, 5) is 18.4. The highest BCUT2D eigenvalue weighted by Gasteiger charge is 2.22. The maximum Gasteiger partial charge on any atom is 0.347 e. The van der Waals surface area contributed by atoms with E-state index < -0.39 is 5.97 Å². The first-order valence-electron chi connectivity index (χ1n) is 7.59. The van der Waals surface area contributed by atoms with Crippen molar-refractivity contribution in [1.29, 1.82) is 0 Å². The normalized spacial score (nSPS) is 15.5. The number of nitrogens with zero attached hydrogens (tertiary/aromatic N) is 2. The number of carboxylic acids is 1. The highest BCUT2D eigenvalue weighted by Crippen LogP contribution is 2.31. The Morgan fingerprint density at radius 2 is 2.23 bits per heavy atom. The number of aromatic nitrogens is 1. The molecule has 5 heteroatoms.